The molecule has 0 bridgehead atoms. The fourth-order valence-corrected chi connectivity index (χ4v) is 4.75. The molecule has 200 valence electrons. The second kappa shape index (κ2) is 10.4. The van der Waals surface area contributed by atoms with E-state index in [1.807, 2.05) is 18.2 Å². The van der Waals surface area contributed by atoms with Gasteiger partial charge in [-0.3, -0.25) is 9.48 Å². The summed E-state index contributed by atoms with van der Waals surface area (Å²) in [6.45, 7) is 9.17. The molecular formula is C26H33FN10O. The molecule has 5 heterocycles. The Morgan fingerprint density at radius 2 is 2.05 bits per heavy atom. The zero-order valence-corrected chi connectivity index (χ0v) is 21.9. The third-order valence-corrected chi connectivity index (χ3v) is 6.56. The van der Waals surface area contributed by atoms with Crippen LogP contribution in [-0.2, 0) is 13.1 Å². The fourth-order valence-electron chi connectivity index (χ4n) is 4.75. The summed E-state index contributed by atoms with van der Waals surface area (Å²) in [6, 6.07) is 6.16. The van der Waals surface area contributed by atoms with Gasteiger partial charge < -0.3 is 15.5 Å². The van der Waals surface area contributed by atoms with Gasteiger partial charge in [-0.1, -0.05) is 12.1 Å². The average molecular weight is 521 g/mol. The molecule has 1 aliphatic rings. The number of aromatic nitrogens is 7. The number of allylic oxidation sites excluding steroid dienone is 1. The van der Waals surface area contributed by atoms with Crippen LogP contribution in [0.25, 0.3) is 16.9 Å². The van der Waals surface area contributed by atoms with Crippen molar-refractivity contribution in [1.29, 1.82) is 0 Å². The third-order valence-electron chi connectivity index (χ3n) is 6.56. The van der Waals surface area contributed by atoms with E-state index in [-0.39, 0.29) is 24.6 Å². The molecule has 1 fully saturated rings. The van der Waals surface area contributed by atoms with Crippen molar-refractivity contribution < 1.29 is 4.39 Å². The smallest absolute Gasteiger partial charge is 0.278 e. The predicted molar refractivity (Wildman–Crippen MR) is 146 cm³/mol. The second-order valence-electron chi connectivity index (χ2n) is 10.1. The van der Waals surface area contributed by atoms with Crippen LogP contribution in [0.3, 0.4) is 0 Å². The van der Waals surface area contributed by atoms with Crippen molar-refractivity contribution >= 4 is 28.5 Å². The Labute approximate surface area is 220 Å². The number of fused-ring (bicyclic) bond motifs is 1. The van der Waals surface area contributed by atoms with Crippen LogP contribution in [-0.4, -0.2) is 65.9 Å². The molecule has 0 amide bonds. The molecule has 12 heteroatoms. The summed E-state index contributed by atoms with van der Waals surface area (Å²) in [6.07, 6.45) is 8.51. The minimum atomic E-state index is -1.40. The van der Waals surface area contributed by atoms with E-state index < -0.39 is 5.67 Å². The van der Waals surface area contributed by atoms with Crippen molar-refractivity contribution in [3.8, 4) is 5.82 Å². The van der Waals surface area contributed by atoms with Crippen LogP contribution in [0, 0.1) is 0 Å². The van der Waals surface area contributed by atoms with Crippen molar-refractivity contribution in [3.63, 3.8) is 0 Å². The second-order valence-corrected chi connectivity index (χ2v) is 10.1. The number of nitrogens with one attached hydrogen (secondary N) is 2. The van der Waals surface area contributed by atoms with E-state index in [4.69, 9.17) is 4.98 Å². The lowest BCUT2D eigenvalue weighted by Crippen LogP contribution is -2.41. The van der Waals surface area contributed by atoms with Gasteiger partial charge in [0.25, 0.3) is 5.56 Å². The maximum atomic E-state index is 14.0. The molecule has 2 N–H and O–H groups in total. The van der Waals surface area contributed by atoms with Crippen LogP contribution < -0.4 is 21.1 Å². The highest BCUT2D eigenvalue weighted by Crippen LogP contribution is 2.22. The molecule has 0 aliphatic carbocycles. The first-order valence-electron chi connectivity index (χ1n) is 12.7. The van der Waals surface area contributed by atoms with Crippen LogP contribution in [0.15, 0.2) is 54.2 Å². The SMILES string of the molecule is C=CCn1c(=O)c2cnc(Nc3cnn(CC(C)(C)F)c3)nc2n1-c1cccc(N(C)C2CCNCC2)n1. The van der Waals surface area contributed by atoms with Crippen LogP contribution in [0.1, 0.15) is 26.7 Å². The van der Waals surface area contributed by atoms with Crippen LogP contribution in [0.5, 0.6) is 0 Å². The Bertz CT molecular complexity index is 1490. The van der Waals surface area contributed by atoms with Gasteiger partial charge in [-0.15, -0.1) is 6.58 Å². The third kappa shape index (κ3) is 5.30. The number of pyridine rings is 1. The average Bonchev–Trinajstić information content (AvgIpc) is 3.44. The summed E-state index contributed by atoms with van der Waals surface area (Å²) in [7, 11) is 2.06. The van der Waals surface area contributed by atoms with Gasteiger partial charge >= 0.3 is 0 Å². The maximum absolute atomic E-state index is 14.0. The van der Waals surface area contributed by atoms with E-state index in [9.17, 15) is 9.18 Å². The fraction of sp³-hybridized carbons (Fsp3) is 0.423. The monoisotopic (exact) mass is 520 g/mol. The first-order valence-corrected chi connectivity index (χ1v) is 12.7. The van der Waals surface area contributed by atoms with E-state index in [1.165, 1.54) is 24.7 Å². The molecule has 11 nitrogen and oxygen atoms in total. The Morgan fingerprint density at radius 1 is 1.26 bits per heavy atom. The summed E-state index contributed by atoms with van der Waals surface area (Å²) in [4.78, 5) is 29.4. The molecule has 1 aliphatic heterocycles. The number of alkyl halides is 1. The number of halogens is 1. The van der Waals surface area contributed by atoms with E-state index in [0.29, 0.717) is 28.6 Å². The van der Waals surface area contributed by atoms with Crippen LogP contribution in [0.4, 0.5) is 21.8 Å². The molecule has 0 spiro atoms. The first kappa shape index (κ1) is 25.6. The van der Waals surface area contributed by atoms with Gasteiger partial charge in [0.05, 0.1) is 25.0 Å². The lowest BCUT2D eigenvalue weighted by atomic mass is 10.1. The number of piperidine rings is 1. The highest BCUT2D eigenvalue weighted by Gasteiger charge is 2.22. The van der Waals surface area contributed by atoms with E-state index >= 15 is 0 Å². The van der Waals surface area contributed by atoms with Gasteiger partial charge in [0.15, 0.2) is 11.5 Å². The summed E-state index contributed by atoms with van der Waals surface area (Å²) in [5.74, 6) is 1.67. The van der Waals surface area contributed by atoms with Gasteiger partial charge in [0, 0.05) is 25.5 Å². The summed E-state index contributed by atoms with van der Waals surface area (Å²) in [5, 5.41) is 11.1. The molecule has 5 rings (SSSR count). The molecule has 0 unspecified atom stereocenters. The van der Waals surface area contributed by atoms with E-state index in [1.54, 1.807) is 27.8 Å². The quantitative estimate of drug-likeness (QED) is 0.324. The van der Waals surface area contributed by atoms with Crippen molar-refractivity contribution in [2.45, 2.75) is 51.5 Å². The van der Waals surface area contributed by atoms with Gasteiger partial charge in [-0.2, -0.15) is 10.1 Å². The molecule has 1 saturated heterocycles. The molecule has 4 aromatic heterocycles. The Balaban J connectivity index is 1.52. The zero-order valence-electron chi connectivity index (χ0n) is 21.9. The zero-order chi connectivity index (χ0) is 26.9. The lowest BCUT2D eigenvalue weighted by Gasteiger charge is -2.32. The number of nitrogens with zero attached hydrogens (tertiary/aromatic N) is 8. The lowest BCUT2D eigenvalue weighted by molar-refractivity contribution is 0.179. The molecule has 0 radical (unpaired) electrons. The number of hydrogen-bond donors (Lipinski definition) is 2. The minimum absolute atomic E-state index is 0.117. The first-order chi connectivity index (χ1) is 18.2. The number of anilines is 3. The van der Waals surface area contributed by atoms with Gasteiger partial charge in [0.1, 0.15) is 16.9 Å². The van der Waals surface area contributed by atoms with Gasteiger partial charge in [0.2, 0.25) is 5.95 Å². The summed E-state index contributed by atoms with van der Waals surface area (Å²) < 4.78 is 18.8. The standard InChI is InChI=1S/C26H33FN10O/c1-5-13-36-24(38)20-15-29-25(31-18-14-30-35(16-18)17-26(2,3)27)33-23(20)37(36)22-8-6-7-21(32-22)34(4)19-9-11-28-12-10-19/h5-8,14-16,19,28H,1,9-13,17H2,2-4H3,(H,29,31,33). The minimum Gasteiger partial charge on any atom is -0.357 e. The van der Waals surface area contributed by atoms with Crippen molar-refractivity contribution in [1.82, 2.24) is 39.4 Å². The Kier molecular flexibility index (Phi) is 6.98. The highest BCUT2D eigenvalue weighted by atomic mass is 19.1. The molecular weight excluding hydrogens is 487 g/mol. The van der Waals surface area contributed by atoms with Gasteiger partial charge in [-0.25, -0.2) is 23.7 Å². The highest BCUT2D eigenvalue weighted by molar-refractivity contribution is 5.77. The van der Waals surface area contributed by atoms with Crippen LogP contribution >= 0.6 is 0 Å². The topological polar surface area (TPSA) is 111 Å². The maximum Gasteiger partial charge on any atom is 0.278 e. The van der Waals surface area contributed by atoms with Crippen molar-refractivity contribution in [2.24, 2.45) is 0 Å². The largest absolute Gasteiger partial charge is 0.357 e. The molecule has 0 aromatic carbocycles. The normalized spacial score (nSPS) is 14.6. The van der Waals surface area contributed by atoms with Crippen molar-refractivity contribution in [3.05, 3.63) is 59.8 Å². The molecule has 4 aromatic rings. The van der Waals surface area contributed by atoms with Crippen molar-refractivity contribution in [2.75, 3.05) is 30.4 Å². The molecule has 0 saturated carbocycles. The molecule has 0 atom stereocenters. The summed E-state index contributed by atoms with van der Waals surface area (Å²) >= 11 is 0. The van der Waals surface area contributed by atoms with E-state index in [0.717, 1.165) is 31.7 Å². The Hall–Kier alpha value is -4.06. The predicted octanol–water partition coefficient (Wildman–Crippen LogP) is 3.04. The van der Waals surface area contributed by atoms with Gasteiger partial charge in [-0.05, 0) is 51.9 Å². The molecule has 38 heavy (non-hydrogen) atoms. The number of rotatable bonds is 9. The summed E-state index contributed by atoms with van der Waals surface area (Å²) in [5.41, 5.74) is -0.604. The number of hydrogen-bond acceptors (Lipinski definition) is 8. The van der Waals surface area contributed by atoms with Crippen LogP contribution in [0.2, 0.25) is 0 Å². The van der Waals surface area contributed by atoms with E-state index in [2.05, 4.69) is 44.2 Å². The Morgan fingerprint density at radius 3 is 2.79 bits per heavy atom.